The number of rotatable bonds is 10. The van der Waals surface area contributed by atoms with Crippen molar-refractivity contribution in [3.63, 3.8) is 0 Å². The Hall–Kier alpha value is -2.57. The lowest BCUT2D eigenvalue weighted by Crippen LogP contribution is -2.38. The second kappa shape index (κ2) is 11.9. The molecule has 0 bridgehead atoms. The van der Waals surface area contributed by atoms with Crippen LogP contribution in [0.4, 0.5) is 4.79 Å². The predicted molar refractivity (Wildman–Crippen MR) is 121 cm³/mol. The van der Waals surface area contributed by atoms with Gasteiger partial charge in [0, 0.05) is 26.1 Å². The summed E-state index contributed by atoms with van der Waals surface area (Å²) >= 11 is 0. The first-order valence-electron chi connectivity index (χ1n) is 11.9. The number of carbonyl (C=O) groups excluding carboxylic acids is 3. The van der Waals surface area contributed by atoms with Crippen LogP contribution in [0.15, 0.2) is 30.3 Å². The maximum absolute atomic E-state index is 13.1. The van der Waals surface area contributed by atoms with Crippen LogP contribution < -0.4 is 5.32 Å². The molecule has 2 fully saturated rings. The van der Waals surface area contributed by atoms with Gasteiger partial charge in [-0.15, -0.1) is 0 Å². The fourth-order valence-corrected chi connectivity index (χ4v) is 4.93. The molecule has 7 heteroatoms. The van der Waals surface area contributed by atoms with E-state index in [4.69, 9.17) is 9.47 Å². The molecule has 0 radical (unpaired) electrons. The maximum atomic E-state index is 13.1. The third-order valence-electron chi connectivity index (χ3n) is 6.75. The van der Waals surface area contributed by atoms with Gasteiger partial charge in [0.2, 0.25) is 5.91 Å². The third-order valence-corrected chi connectivity index (χ3v) is 6.75. The minimum atomic E-state index is -0.489. The summed E-state index contributed by atoms with van der Waals surface area (Å²) in [4.78, 5) is 38.0. The summed E-state index contributed by atoms with van der Waals surface area (Å²) in [6, 6.07) is 10.6. The molecule has 1 heterocycles. The summed E-state index contributed by atoms with van der Waals surface area (Å²) in [7, 11) is 0. The number of ether oxygens (including phenoxy) is 2. The number of esters is 1. The van der Waals surface area contributed by atoms with Crippen LogP contribution >= 0.6 is 0 Å². The SMILES string of the molecule is CCOC(=O)CCCNC(=O)OCCCN1CCC2(CCC(c3ccccc3)CC2)C1=O. The smallest absolute Gasteiger partial charge is 0.407 e. The van der Waals surface area contributed by atoms with Crippen molar-refractivity contribution in [2.45, 2.75) is 64.2 Å². The van der Waals surface area contributed by atoms with Crippen molar-refractivity contribution < 1.29 is 23.9 Å². The number of nitrogens with zero attached hydrogens (tertiary/aromatic N) is 1. The van der Waals surface area contributed by atoms with Gasteiger partial charge >= 0.3 is 12.1 Å². The number of benzene rings is 1. The van der Waals surface area contributed by atoms with Crippen LogP contribution in [0.5, 0.6) is 0 Å². The molecule has 1 spiro atoms. The molecule has 1 aromatic rings. The van der Waals surface area contributed by atoms with Gasteiger partial charge in [-0.05, 0) is 63.4 Å². The van der Waals surface area contributed by atoms with Gasteiger partial charge in [-0.25, -0.2) is 4.79 Å². The molecule has 2 aliphatic rings. The van der Waals surface area contributed by atoms with Crippen molar-refractivity contribution >= 4 is 18.0 Å². The average molecular weight is 445 g/mol. The largest absolute Gasteiger partial charge is 0.466 e. The summed E-state index contributed by atoms with van der Waals surface area (Å²) in [6.45, 7) is 4.20. The molecule has 0 aromatic heterocycles. The summed E-state index contributed by atoms with van der Waals surface area (Å²) in [6.07, 6.45) is 5.95. The van der Waals surface area contributed by atoms with Crippen LogP contribution in [0.3, 0.4) is 0 Å². The zero-order chi connectivity index (χ0) is 22.8. The number of amides is 2. The molecule has 1 aromatic carbocycles. The molecule has 1 aliphatic heterocycles. The van der Waals surface area contributed by atoms with Gasteiger partial charge in [-0.1, -0.05) is 30.3 Å². The van der Waals surface area contributed by atoms with Crippen LogP contribution in [0.1, 0.15) is 69.8 Å². The number of likely N-dealkylation sites (tertiary alicyclic amines) is 1. The van der Waals surface area contributed by atoms with Crippen LogP contribution in [0.25, 0.3) is 0 Å². The monoisotopic (exact) mass is 444 g/mol. The summed E-state index contributed by atoms with van der Waals surface area (Å²) in [5, 5.41) is 2.63. The van der Waals surface area contributed by atoms with Gasteiger partial charge in [0.25, 0.3) is 0 Å². The number of hydrogen-bond donors (Lipinski definition) is 1. The molecular formula is C25H36N2O5. The van der Waals surface area contributed by atoms with E-state index in [1.54, 1.807) is 6.92 Å². The van der Waals surface area contributed by atoms with Crippen LogP contribution in [-0.2, 0) is 19.1 Å². The van der Waals surface area contributed by atoms with E-state index in [9.17, 15) is 14.4 Å². The van der Waals surface area contributed by atoms with E-state index in [0.29, 0.717) is 38.5 Å². The van der Waals surface area contributed by atoms with E-state index >= 15 is 0 Å². The molecule has 32 heavy (non-hydrogen) atoms. The van der Waals surface area contributed by atoms with Gasteiger partial charge < -0.3 is 19.7 Å². The fraction of sp³-hybridized carbons (Fsp3) is 0.640. The highest BCUT2D eigenvalue weighted by Crippen LogP contribution is 2.48. The molecule has 0 atom stereocenters. The van der Waals surface area contributed by atoms with Crippen molar-refractivity contribution in [2.75, 3.05) is 32.8 Å². The normalized spacial score (nSPS) is 22.7. The standard InChI is InChI=1S/C25H36N2O5/c1-2-31-22(28)10-6-16-26-24(30)32-19-7-17-27-18-15-25(23(27)29)13-11-21(12-14-25)20-8-4-3-5-9-20/h3-5,8-9,21H,2,6-7,10-19H2,1H3,(H,26,30). The first kappa shape index (κ1) is 24.1. The third kappa shape index (κ3) is 6.47. The second-order valence-corrected chi connectivity index (χ2v) is 8.83. The number of hydrogen-bond acceptors (Lipinski definition) is 5. The Bertz CT molecular complexity index is 759. The summed E-state index contributed by atoms with van der Waals surface area (Å²) in [5.74, 6) is 0.588. The molecule has 1 N–H and O–H groups in total. The summed E-state index contributed by atoms with van der Waals surface area (Å²) < 4.78 is 10.0. The molecule has 7 nitrogen and oxygen atoms in total. The van der Waals surface area contributed by atoms with E-state index in [2.05, 4.69) is 29.6 Å². The Morgan fingerprint density at radius 1 is 1.09 bits per heavy atom. The van der Waals surface area contributed by atoms with Crippen molar-refractivity contribution in [3.05, 3.63) is 35.9 Å². The lowest BCUT2D eigenvalue weighted by Gasteiger charge is -2.36. The Kier molecular flexibility index (Phi) is 8.94. The van der Waals surface area contributed by atoms with Crippen molar-refractivity contribution in [3.8, 4) is 0 Å². The zero-order valence-electron chi connectivity index (χ0n) is 19.1. The Morgan fingerprint density at radius 3 is 2.56 bits per heavy atom. The lowest BCUT2D eigenvalue weighted by atomic mass is 9.68. The Balaban J connectivity index is 1.30. The van der Waals surface area contributed by atoms with E-state index < -0.39 is 6.09 Å². The van der Waals surface area contributed by atoms with E-state index in [0.717, 1.165) is 38.6 Å². The topological polar surface area (TPSA) is 84.9 Å². The molecule has 3 rings (SSSR count). The van der Waals surface area contributed by atoms with Gasteiger partial charge in [0.15, 0.2) is 0 Å². The minimum absolute atomic E-state index is 0.178. The molecule has 1 aliphatic carbocycles. The molecule has 2 amide bonds. The van der Waals surface area contributed by atoms with E-state index in [-0.39, 0.29) is 30.3 Å². The van der Waals surface area contributed by atoms with Crippen LogP contribution in [0, 0.1) is 5.41 Å². The van der Waals surface area contributed by atoms with Gasteiger partial charge in [0.1, 0.15) is 0 Å². The zero-order valence-corrected chi connectivity index (χ0v) is 19.1. The minimum Gasteiger partial charge on any atom is -0.466 e. The van der Waals surface area contributed by atoms with Crippen LogP contribution in [-0.4, -0.2) is 55.7 Å². The van der Waals surface area contributed by atoms with E-state index in [1.165, 1.54) is 5.56 Å². The summed E-state index contributed by atoms with van der Waals surface area (Å²) in [5.41, 5.74) is 1.21. The highest BCUT2D eigenvalue weighted by atomic mass is 16.5. The number of nitrogens with one attached hydrogen (secondary N) is 1. The maximum Gasteiger partial charge on any atom is 0.407 e. The van der Waals surface area contributed by atoms with E-state index in [1.807, 2.05) is 11.0 Å². The second-order valence-electron chi connectivity index (χ2n) is 8.83. The quantitative estimate of drug-likeness (QED) is 0.435. The number of carbonyl (C=O) groups is 3. The van der Waals surface area contributed by atoms with Gasteiger partial charge in [-0.2, -0.15) is 0 Å². The lowest BCUT2D eigenvalue weighted by molar-refractivity contribution is -0.143. The molecule has 1 saturated carbocycles. The first-order chi connectivity index (χ1) is 15.5. The van der Waals surface area contributed by atoms with Crippen molar-refractivity contribution in [1.29, 1.82) is 0 Å². The highest BCUT2D eigenvalue weighted by molar-refractivity contribution is 5.85. The Labute approximate surface area is 190 Å². The highest BCUT2D eigenvalue weighted by Gasteiger charge is 2.48. The Morgan fingerprint density at radius 2 is 1.84 bits per heavy atom. The number of alkyl carbamates (subject to hydrolysis) is 1. The fourth-order valence-electron chi connectivity index (χ4n) is 4.93. The molecular weight excluding hydrogens is 408 g/mol. The molecule has 176 valence electrons. The van der Waals surface area contributed by atoms with Crippen LogP contribution in [0.2, 0.25) is 0 Å². The van der Waals surface area contributed by atoms with Gasteiger partial charge in [-0.3, -0.25) is 9.59 Å². The van der Waals surface area contributed by atoms with Crippen molar-refractivity contribution in [2.24, 2.45) is 5.41 Å². The average Bonchev–Trinajstić information content (AvgIpc) is 3.10. The predicted octanol–water partition coefficient (Wildman–Crippen LogP) is 4.02. The molecule has 1 saturated heterocycles. The van der Waals surface area contributed by atoms with Gasteiger partial charge in [0.05, 0.1) is 18.6 Å². The van der Waals surface area contributed by atoms with Crippen molar-refractivity contribution in [1.82, 2.24) is 10.2 Å². The first-order valence-corrected chi connectivity index (χ1v) is 11.9. The molecule has 0 unspecified atom stereocenters.